The van der Waals surface area contributed by atoms with Crippen LogP contribution in [0, 0.1) is 0 Å². The van der Waals surface area contributed by atoms with E-state index < -0.39 is 10.0 Å². The molecule has 0 aromatic carbocycles. The predicted molar refractivity (Wildman–Crippen MR) is 70.1 cm³/mol. The van der Waals surface area contributed by atoms with E-state index in [2.05, 4.69) is 35.9 Å². The van der Waals surface area contributed by atoms with Crippen molar-refractivity contribution in [3.63, 3.8) is 0 Å². The number of sulfonamides is 1. The van der Waals surface area contributed by atoms with Crippen LogP contribution in [-0.4, -0.2) is 37.2 Å². The molecule has 9 heteroatoms. The van der Waals surface area contributed by atoms with Gasteiger partial charge in [0.1, 0.15) is 5.82 Å². The van der Waals surface area contributed by atoms with E-state index in [9.17, 15) is 8.42 Å². The van der Waals surface area contributed by atoms with Crippen molar-refractivity contribution in [1.82, 2.24) is 14.7 Å². The highest BCUT2D eigenvalue weighted by Gasteiger charge is 2.09. The number of hydrogen-bond acceptors (Lipinski definition) is 6. The smallest absolute Gasteiger partial charge is 0.221 e. The number of nitrogens with zero attached hydrogens (tertiary/aromatic N) is 2. The van der Waals surface area contributed by atoms with Gasteiger partial charge in [-0.15, -0.1) is 0 Å². The molecule has 4 N–H and O–H groups in total. The molecule has 1 heterocycles. The molecule has 0 radical (unpaired) electrons. The Balaban J connectivity index is 2.54. The number of rotatable bonds is 6. The Kier molecular flexibility index (Phi) is 5.09. The molecule has 0 bridgehead atoms. The van der Waals surface area contributed by atoms with Gasteiger partial charge in [0.25, 0.3) is 0 Å². The molecule has 0 saturated heterocycles. The van der Waals surface area contributed by atoms with Crippen LogP contribution in [0.1, 0.15) is 6.92 Å². The molecule has 7 nitrogen and oxygen atoms in total. The summed E-state index contributed by atoms with van der Waals surface area (Å²) in [5.41, 5.74) is 5.42. The highest BCUT2D eigenvalue weighted by Crippen LogP contribution is 2.18. The first-order chi connectivity index (χ1) is 7.94. The van der Waals surface area contributed by atoms with Crippen molar-refractivity contribution in [3.8, 4) is 0 Å². The third-order valence-corrected chi connectivity index (χ3v) is 3.84. The van der Waals surface area contributed by atoms with Crippen LogP contribution >= 0.6 is 15.9 Å². The summed E-state index contributed by atoms with van der Waals surface area (Å²) in [4.78, 5) is 7.71. The fourth-order valence-corrected chi connectivity index (χ4v) is 2.39. The largest absolute Gasteiger partial charge is 0.368 e. The molecule has 0 fully saturated rings. The Labute approximate surface area is 108 Å². The van der Waals surface area contributed by atoms with Crippen LogP contribution in [0.25, 0.3) is 0 Å². The molecule has 17 heavy (non-hydrogen) atoms. The Morgan fingerprint density at radius 2 is 2.24 bits per heavy atom. The van der Waals surface area contributed by atoms with Crippen LogP contribution in [0.5, 0.6) is 0 Å². The summed E-state index contributed by atoms with van der Waals surface area (Å²) in [5, 5.41) is 2.87. The minimum atomic E-state index is -3.23. The van der Waals surface area contributed by atoms with Crippen molar-refractivity contribution in [2.24, 2.45) is 0 Å². The molecule has 1 rings (SSSR count). The van der Waals surface area contributed by atoms with Crippen LogP contribution in [0.2, 0.25) is 0 Å². The molecule has 1 aromatic heterocycles. The quantitative estimate of drug-likeness (QED) is 0.688. The number of halogens is 1. The summed E-state index contributed by atoms with van der Waals surface area (Å²) in [5.74, 6) is 0.575. The second-order valence-corrected chi connectivity index (χ2v) is 5.95. The van der Waals surface area contributed by atoms with E-state index >= 15 is 0 Å². The van der Waals surface area contributed by atoms with Crippen molar-refractivity contribution in [3.05, 3.63) is 10.7 Å². The lowest BCUT2D eigenvalue weighted by atomic mass is 10.5. The summed E-state index contributed by atoms with van der Waals surface area (Å²) < 4.78 is 25.7. The van der Waals surface area contributed by atoms with Crippen LogP contribution < -0.4 is 15.8 Å². The van der Waals surface area contributed by atoms with Crippen LogP contribution in [0.4, 0.5) is 11.8 Å². The van der Waals surface area contributed by atoms with Gasteiger partial charge >= 0.3 is 0 Å². The Hall–Kier alpha value is -0.930. The first kappa shape index (κ1) is 14.1. The lowest BCUT2D eigenvalue weighted by Crippen LogP contribution is -2.29. The zero-order chi connectivity index (χ0) is 12.9. The first-order valence-electron chi connectivity index (χ1n) is 4.94. The van der Waals surface area contributed by atoms with Gasteiger partial charge in [0.15, 0.2) is 0 Å². The molecule has 0 unspecified atom stereocenters. The Morgan fingerprint density at radius 1 is 1.53 bits per heavy atom. The zero-order valence-corrected chi connectivity index (χ0v) is 11.7. The Bertz CT molecular complexity index is 479. The van der Waals surface area contributed by atoms with Crippen molar-refractivity contribution in [2.45, 2.75) is 6.92 Å². The van der Waals surface area contributed by atoms with Gasteiger partial charge in [0, 0.05) is 19.3 Å². The van der Waals surface area contributed by atoms with E-state index in [1.807, 2.05) is 0 Å². The molecule has 0 aliphatic heterocycles. The second-order valence-electron chi connectivity index (χ2n) is 3.17. The summed E-state index contributed by atoms with van der Waals surface area (Å²) in [6.45, 7) is 2.35. The normalized spacial score (nSPS) is 11.4. The molecular weight excluding hydrogens is 310 g/mol. The zero-order valence-electron chi connectivity index (χ0n) is 9.27. The van der Waals surface area contributed by atoms with Gasteiger partial charge in [-0.25, -0.2) is 18.1 Å². The van der Waals surface area contributed by atoms with Gasteiger partial charge in [0.2, 0.25) is 16.0 Å². The second kappa shape index (κ2) is 6.12. The number of aromatic nitrogens is 2. The van der Waals surface area contributed by atoms with Gasteiger partial charge in [-0.3, -0.25) is 0 Å². The molecule has 0 aliphatic carbocycles. The maximum absolute atomic E-state index is 11.4. The van der Waals surface area contributed by atoms with Gasteiger partial charge in [-0.05, 0) is 15.9 Å². The van der Waals surface area contributed by atoms with E-state index in [1.54, 1.807) is 6.92 Å². The monoisotopic (exact) mass is 323 g/mol. The first-order valence-corrected chi connectivity index (χ1v) is 7.38. The predicted octanol–water partition coefficient (Wildman–Crippen LogP) is 0.172. The summed E-state index contributed by atoms with van der Waals surface area (Å²) in [6, 6.07) is 0. The molecule has 0 atom stereocenters. The van der Waals surface area contributed by atoms with E-state index in [0.29, 0.717) is 16.8 Å². The van der Waals surface area contributed by atoms with E-state index in [-0.39, 0.29) is 18.2 Å². The van der Waals surface area contributed by atoms with Crippen LogP contribution in [-0.2, 0) is 10.0 Å². The average molecular weight is 324 g/mol. The molecular formula is C8H14BrN5O2S. The van der Waals surface area contributed by atoms with Crippen LogP contribution in [0.3, 0.4) is 0 Å². The summed E-state index contributed by atoms with van der Waals surface area (Å²) in [7, 11) is -3.23. The molecule has 96 valence electrons. The molecule has 0 aliphatic rings. The SMILES string of the molecule is CCNS(=O)(=O)CCNc1nc(N)ncc1Br. The van der Waals surface area contributed by atoms with Crippen LogP contribution in [0.15, 0.2) is 10.7 Å². The van der Waals surface area contributed by atoms with E-state index in [0.717, 1.165) is 0 Å². The van der Waals surface area contributed by atoms with Crippen molar-refractivity contribution < 1.29 is 8.42 Å². The standard InChI is InChI=1S/C8H14BrN5O2S/c1-2-13-17(15,16)4-3-11-7-6(9)5-12-8(10)14-7/h5,13H,2-4H2,1H3,(H3,10,11,12,14). The van der Waals surface area contributed by atoms with E-state index in [1.165, 1.54) is 6.20 Å². The third kappa shape index (κ3) is 4.84. The maximum Gasteiger partial charge on any atom is 0.221 e. The molecule has 0 spiro atoms. The maximum atomic E-state index is 11.4. The molecule has 0 amide bonds. The van der Waals surface area contributed by atoms with Gasteiger partial charge in [0.05, 0.1) is 10.2 Å². The van der Waals surface area contributed by atoms with Crippen molar-refractivity contribution in [2.75, 3.05) is 29.9 Å². The van der Waals surface area contributed by atoms with Gasteiger partial charge in [-0.1, -0.05) is 6.92 Å². The Morgan fingerprint density at radius 3 is 2.88 bits per heavy atom. The number of nitrogen functional groups attached to an aromatic ring is 1. The van der Waals surface area contributed by atoms with E-state index in [4.69, 9.17) is 5.73 Å². The van der Waals surface area contributed by atoms with Gasteiger partial charge < -0.3 is 11.1 Å². The highest BCUT2D eigenvalue weighted by molar-refractivity contribution is 9.10. The fraction of sp³-hybridized carbons (Fsp3) is 0.500. The highest BCUT2D eigenvalue weighted by atomic mass is 79.9. The number of hydrogen-bond donors (Lipinski definition) is 3. The molecule has 0 saturated carbocycles. The minimum absolute atomic E-state index is 0.0306. The minimum Gasteiger partial charge on any atom is -0.368 e. The fourth-order valence-electron chi connectivity index (χ4n) is 1.10. The average Bonchev–Trinajstić information content (AvgIpc) is 2.23. The summed E-state index contributed by atoms with van der Waals surface area (Å²) in [6.07, 6.45) is 1.50. The lowest BCUT2D eigenvalue weighted by Gasteiger charge is -2.08. The topological polar surface area (TPSA) is 110 Å². The van der Waals surface area contributed by atoms with Crippen molar-refractivity contribution >= 4 is 37.7 Å². The number of anilines is 2. The molecule has 1 aromatic rings. The van der Waals surface area contributed by atoms with Crippen molar-refractivity contribution in [1.29, 1.82) is 0 Å². The third-order valence-electron chi connectivity index (χ3n) is 1.79. The summed E-state index contributed by atoms with van der Waals surface area (Å²) >= 11 is 3.23. The van der Waals surface area contributed by atoms with Gasteiger partial charge in [-0.2, -0.15) is 4.98 Å². The number of nitrogens with two attached hydrogens (primary N) is 1. The lowest BCUT2D eigenvalue weighted by molar-refractivity contribution is 0.584. The number of nitrogens with one attached hydrogen (secondary N) is 2.